The maximum Gasteiger partial charge on any atom is 0.129 e. The summed E-state index contributed by atoms with van der Waals surface area (Å²) in [5.74, 6) is 1.12. The van der Waals surface area contributed by atoms with Gasteiger partial charge < -0.3 is 14.8 Å². The zero-order chi connectivity index (χ0) is 21.0. The Hall–Kier alpha value is -1.41. The number of halogens is 1. The van der Waals surface area contributed by atoms with Crippen molar-refractivity contribution in [2.75, 3.05) is 83.4 Å². The predicted molar refractivity (Wildman–Crippen MR) is 130 cm³/mol. The molecule has 5 heterocycles. The zero-order valence-corrected chi connectivity index (χ0v) is 19.7. The lowest BCUT2D eigenvalue weighted by Gasteiger charge is -2.51. The van der Waals surface area contributed by atoms with Crippen molar-refractivity contribution in [3.63, 3.8) is 0 Å². The van der Waals surface area contributed by atoms with Crippen molar-refractivity contribution in [2.45, 2.75) is 0 Å². The van der Waals surface area contributed by atoms with Gasteiger partial charge in [-0.1, -0.05) is 28.1 Å². The van der Waals surface area contributed by atoms with E-state index in [2.05, 4.69) is 73.2 Å². The second kappa shape index (κ2) is 9.81. The number of aromatic nitrogens is 1. The Bertz CT molecular complexity index is 886. The van der Waals surface area contributed by atoms with Gasteiger partial charge in [-0.2, -0.15) is 5.16 Å². The van der Waals surface area contributed by atoms with E-state index in [1.54, 1.807) is 0 Å². The first kappa shape index (κ1) is 21.8. The molecule has 0 atom stereocenters. The molecule has 0 spiro atoms. The number of quaternary nitrogens is 1. The van der Waals surface area contributed by atoms with Crippen molar-refractivity contribution in [3.8, 4) is 0 Å². The summed E-state index contributed by atoms with van der Waals surface area (Å²) in [6.07, 6.45) is 0. The van der Waals surface area contributed by atoms with Crippen LogP contribution in [0.25, 0.3) is 16.3 Å². The summed E-state index contributed by atoms with van der Waals surface area (Å²) in [5.41, 5.74) is 1.08. The van der Waals surface area contributed by atoms with E-state index >= 15 is 0 Å². The molecule has 4 fully saturated rings. The fourth-order valence-electron chi connectivity index (χ4n) is 4.88. The Morgan fingerprint density at radius 1 is 1.00 bits per heavy atom. The maximum absolute atomic E-state index is 7.13. The number of thiocarbonyl (C=S) groups is 1. The van der Waals surface area contributed by atoms with Gasteiger partial charge in [0.05, 0.1) is 31.7 Å². The van der Waals surface area contributed by atoms with E-state index in [0.717, 1.165) is 42.0 Å². The maximum atomic E-state index is 7.13. The normalized spacial score (nSPS) is 26.2. The van der Waals surface area contributed by atoms with Crippen LogP contribution in [0, 0.1) is 0 Å². The van der Waals surface area contributed by atoms with Crippen molar-refractivity contribution in [2.24, 2.45) is 0 Å². The molecule has 0 radical (unpaired) electrons. The Kier molecular flexibility index (Phi) is 7.13. The van der Waals surface area contributed by atoms with Gasteiger partial charge in [-0.15, -0.1) is 0 Å². The van der Waals surface area contributed by atoms with Crippen LogP contribution in [-0.4, -0.2) is 103 Å². The standard InChI is InChI=1S/C21H29BrN5.CNS/c22-19-2-3-20-18(17-19)1-4-21(23-20)26-7-5-24(6-8-26)9-13-27-14-10-25(11-15-27)12-16-27;2-1-3/h1-4,17H,5-16H2;/q+1;-1. The van der Waals surface area contributed by atoms with E-state index in [1.807, 2.05) is 0 Å². The van der Waals surface area contributed by atoms with Crippen molar-refractivity contribution >= 4 is 50.0 Å². The van der Waals surface area contributed by atoms with Crippen LogP contribution >= 0.6 is 28.1 Å². The summed E-state index contributed by atoms with van der Waals surface area (Å²) in [5, 5.41) is 9.66. The molecule has 0 aliphatic carbocycles. The summed E-state index contributed by atoms with van der Waals surface area (Å²) in [4.78, 5) is 12.6. The van der Waals surface area contributed by atoms with E-state index in [-0.39, 0.29) is 0 Å². The fraction of sp³-hybridized carbons (Fsp3) is 0.545. The number of hydrogen-bond donors (Lipinski definition) is 0. The summed E-state index contributed by atoms with van der Waals surface area (Å²) >= 11 is 7.24. The van der Waals surface area contributed by atoms with Crippen LogP contribution < -0.4 is 4.90 Å². The minimum absolute atomic E-state index is 1.08. The van der Waals surface area contributed by atoms with E-state index in [1.165, 1.54) is 67.4 Å². The molecule has 0 N–H and O–H groups in total. The van der Waals surface area contributed by atoms with Crippen molar-refractivity contribution in [1.29, 1.82) is 0 Å². The molecule has 6 nitrogen and oxygen atoms in total. The Balaban J connectivity index is 0.000000687. The van der Waals surface area contributed by atoms with Crippen LogP contribution in [0.5, 0.6) is 0 Å². The fourth-order valence-corrected chi connectivity index (χ4v) is 5.26. The molecular weight excluding hydrogens is 460 g/mol. The minimum Gasteiger partial charge on any atom is -0.753 e. The highest BCUT2D eigenvalue weighted by Crippen LogP contribution is 2.23. The van der Waals surface area contributed by atoms with Gasteiger partial charge in [-0.25, -0.2) is 4.98 Å². The second-order valence-corrected chi connectivity index (χ2v) is 9.60. The molecule has 4 saturated heterocycles. The van der Waals surface area contributed by atoms with Gasteiger partial charge in [0, 0.05) is 62.2 Å². The van der Waals surface area contributed by atoms with Crippen molar-refractivity contribution in [3.05, 3.63) is 40.2 Å². The quantitative estimate of drug-likeness (QED) is 0.376. The first-order valence-electron chi connectivity index (χ1n) is 10.7. The first-order chi connectivity index (χ1) is 14.6. The smallest absolute Gasteiger partial charge is 0.129 e. The van der Waals surface area contributed by atoms with Gasteiger partial charge in [0.15, 0.2) is 0 Å². The highest BCUT2D eigenvalue weighted by atomic mass is 79.9. The molecule has 4 aliphatic heterocycles. The van der Waals surface area contributed by atoms with E-state index in [9.17, 15) is 0 Å². The SMILES string of the molecule is Brc1ccc2nc(N3CCN(CC[N+]45CCN(CC4)CC5)CC3)ccc2c1.[N-]=C=S. The highest BCUT2D eigenvalue weighted by molar-refractivity contribution is 9.10. The van der Waals surface area contributed by atoms with Crippen LogP contribution in [0.2, 0.25) is 0 Å². The molecule has 6 rings (SSSR count). The van der Waals surface area contributed by atoms with Crippen LogP contribution in [0.1, 0.15) is 0 Å². The number of fused-ring (bicyclic) bond motifs is 4. The van der Waals surface area contributed by atoms with Crippen LogP contribution in [0.4, 0.5) is 5.82 Å². The summed E-state index contributed by atoms with van der Waals surface area (Å²) < 4.78 is 2.48. The Morgan fingerprint density at radius 3 is 2.33 bits per heavy atom. The lowest BCUT2D eigenvalue weighted by molar-refractivity contribution is -0.940. The number of isothiocyanates is 1. The highest BCUT2D eigenvalue weighted by Gasteiger charge is 2.38. The summed E-state index contributed by atoms with van der Waals surface area (Å²) in [7, 11) is 0. The summed E-state index contributed by atoms with van der Waals surface area (Å²) in [6, 6.07) is 10.7. The molecule has 30 heavy (non-hydrogen) atoms. The van der Waals surface area contributed by atoms with Gasteiger partial charge in [0.2, 0.25) is 0 Å². The van der Waals surface area contributed by atoms with E-state index in [4.69, 9.17) is 10.4 Å². The van der Waals surface area contributed by atoms with Crippen LogP contribution in [0.15, 0.2) is 34.8 Å². The number of benzene rings is 1. The third-order valence-electron chi connectivity index (χ3n) is 6.90. The molecule has 4 aliphatic rings. The predicted octanol–water partition coefficient (Wildman–Crippen LogP) is 2.92. The molecule has 2 aromatic rings. The van der Waals surface area contributed by atoms with E-state index in [0.29, 0.717) is 0 Å². The van der Waals surface area contributed by atoms with Gasteiger partial charge in [-0.05, 0) is 30.3 Å². The van der Waals surface area contributed by atoms with Gasteiger partial charge in [0.25, 0.3) is 0 Å². The van der Waals surface area contributed by atoms with Crippen LogP contribution in [-0.2, 0) is 0 Å². The lowest BCUT2D eigenvalue weighted by Crippen LogP contribution is -2.68. The minimum atomic E-state index is 1.08. The number of nitrogens with zero attached hydrogens (tertiary/aromatic N) is 6. The topological polar surface area (TPSA) is 44.9 Å². The lowest BCUT2D eigenvalue weighted by atomic mass is 10.1. The molecule has 160 valence electrons. The monoisotopic (exact) mass is 488 g/mol. The number of anilines is 1. The second-order valence-electron chi connectivity index (χ2n) is 8.50. The molecular formula is C22H29BrN6S. The number of hydrogen-bond acceptors (Lipinski definition) is 5. The van der Waals surface area contributed by atoms with E-state index < -0.39 is 0 Å². The van der Waals surface area contributed by atoms with Gasteiger partial charge in [-0.3, -0.25) is 9.80 Å². The first-order valence-corrected chi connectivity index (χ1v) is 11.9. The molecule has 8 heteroatoms. The Morgan fingerprint density at radius 2 is 1.67 bits per heavy atom. The third kappa shape index (κ3) is 5.07. The average molecular weight is 489 g/mol. The third-order valence-corrected chi connectivity index (χ3v) is 7.39. The van der Waals surface area contributed by atoms with Crippen molar-refractivity contribution < 1.29 is 4.48 Å². The number of piperazine rings is 4. The zero-order valence-electron chi connectivity index (χ0n) is 17.3. The molecule has 0 amide bonds. The molecule has 2 bridgehead atoms. The largest absolute Gasteiger partial charge is 0.753 e. The summed E-state index contributed by atoms with van der Waals surface area (Å²) in [6.45, 7) is 15.2. The average Bonchev–Trinajstić information content (AvgIpc) is 2.80. The number of rotatable bonds is 4. The molecule has 1 aromatic heterocycles. The Labute approximate surface area is 192 Å². The molecule has 1 aromatic carbocycles. The van der Waals surface area contributed by atoms with Gasteiger partial charge in [0.1, 0.15) is 5.82 Å². The number of pyridine rings is 1. The van der Waals surface area contributed by atoms with Gasteiger partial charge >= 0.3 is 0 Å². The molecule has 0 saturated carbocycles. The molecule has 0 unspecified atom stereocenters. The van der Waals surface area contributed by atoms with Crippen molar-refractivity contribution in [1.82, 2.24) is 14.8 Å². The van der Waals surface area contributed by atoms with Crippen LogP contribution in [0.3, 0.4) is 0 Å².